The van der Waals surface area contributed by atoms with Crippen LogP contribution in [0.15, 0.2) is 120 Å². The molecular formula is C30H25N3O3S. The van der Waals surface area contributed by atoms with Crippen molar-refractivity contribution in [2.45, 2.75) is 17.9 Å². The first-order valence-corrected chi connectivity index (χ1v) is 13.3. The molecule has 0 aliphatic heterocycles. The van der Waals surface area contributed by atoms with Crippen molar-refractivity contribution in [2.24, 2.45) is 0 Å². The van der Waals surface area contributed by atoms with Crippen LogP contribution in [-0.4, -0.2) is 24.1 Å². The number of benzene rings is 4. The first-order chi connectivity index (χ1) is 18.0. The van der Waals surface area contributed by atoms with E-state index >= 15 is 0 Å². The van der Waals surface area contributed by atoms with Gasteiger partial charge in [-0.1, -0.05) is 78.9 Å². The van der Waals surface area contributed by atoms with Gasteiger partial charge in [-0.2, -0.15) is 5.10 Å². The fraction of sp³-hybridized carbons (Fsp3) is 0.0667. The second-order valence-electron chi connectivity index (χ2n) is 8.71. The van der Waals surface area contributed by atoms with Crippen LogP contribution in [0.4, 0.5) is 0 Å². The third-order valence-corrected chi connectivity index (χ3v) is 7.39. The van der Waals surface area contributed by atoms with Gasteiger partial charge in [-0.3, -0.25) is 9.48 Å². The Morgan fingerprint density at radius 1 is 0.838 bits per heavy atom. The van der Waals surface area contributed by atoms with Crippen LogP contribution in [0.1, 0.15) is 22.3 Å². The lowest BCUT2D eigenvalue weighted by Gasteiger charge is -2.11. The molecule has 0 unspecified atom stereocenters. The summed E-state index contributed by atoms with van der Waals surface area (Å²) in [7, 11) is -3.94. The highest BCUT2D eigenvalue weighted by atomic mass is 32.2. The van der Waals surface area contributed by atoms with Crippen LogP contribution in [-0.2, 0) is 27.8 Å². The van der Waals surface area contributed by atoms with Crippen molar-refractivity contribution in [2.75, 3.05) is 0 Å². The van der Waals surface area contributed by atoms with Gasteiger partial charge in [0, 0.05) is 18.5 Å². The smallest absolute Gasteiger partial charge is 0.264 e. The fourth-order valence-electron chi connectivity index (χ4n) is 4.21. The molecule has 0 saturated heterocycles. The van der Waals surface area contributed by atoms with Crippen LogP contribution in [0.25, 0.3) is 16.8 Å². The second-order valence-corrected chi connectivity index (χ2v) is 10.4. The molecule has 5 aromatic rings. The number of hydrogen-bond donors (Lipinski definition) is 1. The van der Waals surface area contributed by atoms with Crippen molar-refractivity contribution in [3.05, 3.63) is 138 Å². The number of carbonyl (C=O) groups is 1. The van der Waals surface area contributed by atoms with Crippen molar-refractivity contribution in [1.29, 1.82) is 0 Å². The van der Waals surface area contributed by atoms with Crippen molar-refractivity contribution in [3.8, 4) is 0 Å². The molecular weight excluding hydrogens is 482 g/mol. The number of amides is 1. The molecule has 0 aliphatic carbocycles. The highest BCUT2D eigenvalue weighted by Gasteiger charge is 2.15. The minimum Gasteiger partial charge on any atom is -0.269 e. The summed E-state index contributed by atoms with van der Waals surface area (Å²) in [6, 6.07) is 30.3. The predicted molar refractivity (Wildman–Crippen MR) is 145 cm³/mol. The largest absolute Gasteiger partial charge is 0.269 e. The lowest BCUT2D eigenvalue weighted by molar-refractivity contribution is -0.114. The Labute approximate surface area is 215 Å². The molecule has 0 saturated carbocycles. The Bertz CT molecular complexity index is 1680. The van der Waals surface area contributed by atoms with Crippen LogP contribution in [0.3, 0.4) is 0 Å². The Morgan fingerprint density at radius 2 is 1.59 bits per heavy atom. The van der Waals surface area contributed by atoms with E-state index in [9.17, 15) is 13.2 Å². The molecule has 1 N–H and O–H groups in total. The fourth-order valence-corrected chi connectivity index (χ4v) is 5.18. The molecule has 0 radical (unpaired) electrons. The van der Waals surface area contributed by atoms with Gasteiger partial charge < -0.3 is 0 Å². The lowest BCUT2D eigenvalue weighted by atomic mass is 9.95. The van der Waals surface area contributed by atoms with E-state index in [1.165, 1.54) is 23.6 Å². The van der Waals surface area contributed by atoms with Gasteiger partial charge in [0.1, 0.15) is 0 Å². The Balaban J connectivity index is 1.41. The monoisotopic (exact) mass is 507 g/mol. The molecule has 0 atom stereocenters. The van der Waals surface area contributed by atoms with Gasteiger partial charge in [0.2, 0.25) is 0 Å². The van der Waals surface area contributed by atoms with Gasteiger partial charge in [-0.05, 0) is 63.7 Å². The third kappa shape index (κ3) is 6.02. The minimum absolute atomic E-state index is 0.0386. The van der Waals surface area contributed by atoms with Crippen molar-refractivity contribution < 1.29 is 13.2 Å². The van der Waals surface area contributed by atoms with E-state index in [2.05, 4.69) is 46.2 Å². The normalized spacial score (nSPS) is 11.7. The van der Waals surface area contributed by atoms with E-state index in [1.54, 1.807) is 30.5 Å². The van der Waals surface area contributed by atoms with Crippen LogP contribution >= 0.6 is 0 Å². The third-order valence-electron chi connectivity index (χ3n) is 6.02. The van der Waals surface area contributed by atoms with E-state index < -0.39 is 15.9 Å². The topological polar surface area (TPSA) is 81.1 Å². The summed E-state index contributed by atoms with van der Waals surface area (Å²) in [5.74, 6) is -0.707. The highest BCUT2D eigenvalue weighted by Crippen LogP contribution is 2.22. The van der Waals surface area contributed by atoms with Gasteiger partial charge >= 0.3 is 0 Å². The maximum Gasteiger partial charge on any atom is 0.264 e. The minimum atomic E-state index is -3.94. The summed E-state index contributed by atoms with van der Waals surface area (Å²) in [5, 5.41) is 6.63. The molecule has 4 aromatic carbocycles. The summed E-state index contributed by atoms with van der Waals surface area (Å²) >= 11 is 0. The van der Waals surface area contributed by atoms with Crippen LogP contribution in [0.5, 0.6) is 0 Å². The number of aromatic nitrogens is 2. The molecule has 37 heavy (non-hydrogen) atoms. The first-order valence-electron chi connectivity index (χ1n) is 11.8. The molecule has 7 heteroatoms. The second kappa shape index (κ2) is 10.6. The molecule has 0 spiro atoms. The van der Waals surface area contributed by atoms with E-state index in [4.69, 9.17) is 0 Å². The van der Waals surface area contributed by atoms with Gasteiger partial charge in [0.15, 0.2) is 0 Å². The van der Waals surface area contributed by atoms with Crippen molar-refractivity contribution in [1.82, 2.24) is 14.5 Å². The number of carbonyl (C=O) groups excluding carboxylic acids is 1. The van der Waals surface area contributed by atoms with Crippen molar-refractivity contribution in [3.63, 3.8) is 0 Å². The predicted octanol–water partition coefficient (Wildman–Crippen LogP) is 5.19. The number of rotatable bonds is 8. The van der Waals surface area contributed by atoms with E-state index in [-0.39, 0.29) is 4.90 Å². The zero-order chi connectivity index (χ0) is 25.7. The Hall–Kier alpha value is -4.49. The maximum atomic E-state index is 12.5. The van der Waals surface area contributed by atoms with Crippen molar-refractivity contribution >= 4 is 32.8 Å². The summed E-state index contributed by atoms with van der Waals surface area (Å²) in [5.41, 5.74) is 4.08. The number of fused-ring (bicyclic) bond motifs is 1. The highest BCUT2D eigenvalue weighted by molar-refractivity contribution is 7.90. The standard InChI is InChI=1S/C30H25N3O3S/c34-30(32-37(35,36)29-9-2-1-3-10-29)16-15-26-14-12-24(22-33-18-6-17-31-33)21-28(26)20-23-11-13-25-7-4-5-8-27(25)19-23/h1-19,21H,20,22H2,(H,32,34). The Morgan fingerprint density at radius 3 is 2.38 bits per heavy atom. The van der Waals surface area contributed by atoms with Crippen LogP contribution in [0, 0.1) is 0 Å². The zero-order valence-electron chi connectivity index (χ0n) is 20.0. The van der Waals surface area contributed by atoms with E-state index in [0.717, 1.165) is 27.6 Å². The molecule has 5 rings (SSSR count). The zero-order valence-corrected chi connectivity index (χ0v) is 20.8. The number of hydrogen-bond acceptors (Lipinski definition) is 4. The molecule has 0 bridgehead atoms. The van der Waals surface area contributed by atoms with E-state index in [0.29, 0.717) is 13.0 Å². The summed E-state index contributed by atoms with van der Waals surface area (Å²) in [4.78, 5) is 12.5. The van der Waals surface area contributed by atoms with Crippen LogP contribution < -0.4 is 4.72 Å². The van der Waals surface area contributed by atoms with Gasteiger partial charge in [0.25, 0.3) is 15.9 Å². The van der Waals surface area contributed by atoms with Gasteiger partial charge in [-0.25, -0.2) is 13.1 Å². The molecule has 184 valence electrons. The van der Waals surface area contributed by atoms with Crippen LogP contribution in [0.2, 0.25) is 0 Å². The average molecular weight is 508 g/mol. The average Bonchev–Trinajstić information content (AvgIpc) is 3.41. The molecule has 1 heterocycles. The lowest BCUT2D eigenvalue weighted by Crippen LogP contribution is -2.28. The maximum absolute atomic E-state index is 12.5. The molecule has 0 aliphatic rings. The van der Waals surface area contributed by atoms with E-state index in [1.807, 2.05) is 41.2 Å². The van der Waals surface area contributed by atoms with Gasteiger partial charge in [0.05, 0.1) is 11.4 Å². The molecule has 0 fully saturated rings. The Kier molecular flexibility index (Phi) is 6.96. The SMILES string of the molecule is O=C(C=Cc1ccc(Cn2cccn2)cc1Cc1ccc2ccccc2c1)NS(=O)(=O)c1ccccc1. The number of sulfonamides is 1. The summed E-state index contributed by atoms with van der Waals surface area (Å²) in [6.45, 7) is 0.623. The molecule has 1 amide bonds. The quantitative estimate of drug-likeness (QED) is 0.293. The number of nitrogens with one attached hydrogen (secondary N) is 1. The molecule has 6 nitrogen and oxygen atoms in total. The first kappa shape index (κ1) is 24.2. The number of nitrogens with zero attached hydrogens (tertiary/aromatic N) is 2. The van der Waals surface area contributed by atoms with Gasteiger partial charge in [-0.15, -0.1) is 0 Å². The summed E-state index contributed by atoms with van der Waals surface area (Å²) < 4.78 is 28.9. The molecule has 1 aromatic heterocycles. The summed E-state index contributed by atoms with van der Waals surface area (Å²) in [6.07, 6.45) is 7.22.